The molecule has 1 aliphatic carbocycles. The number of carbonyl (C=O) groups is 1. The van der Waals surface area contributed by atoms with Crippen LogP contribution < -0.4 is 5.01 Å². The number of carboxylic acid groups (broad SMARTS) is 1. The third-order valence-electron chi connectivity index (χ3n) is 4.66. The molecule has 0 amide bonds. The third-order valence-corrected chi connectivity index (χ3v) is 5.49. The quantitative estimate of drug-likeness (QED) is 0.299. The smallest absolute Gasteiger partial charge is 0.417 e. The van der Waals surface area contributed by atoms with E-state index in [4.69, 9.17) is 0 Å². The van der Waals surface area contributed by atoms with Gasteiger partial charge in [0, 0.05) is 16.5 Å². The number of halogens is 4. The van der Waals surface area contributed by atoms with Gasteiger partial charge < -0.3 is 5.11 Å². The Balaban J connectivity index is 1.66. The van der Waals surface area contributed by atoms with Crippen LogP contribution in [0.4, 0.5) is 22.7 Å². The summed E-state index contributed by atoms with van der Waals surface area (Å²) < 4.78 is 53.4. The van der Waals surface area contributed by atoms with Crippen molar-refractivity contribution >= 4 is 28.7 Å². The van der Waals surface area contributed by atoms with E-state index in [9.17, 15) is 27.5 Å². The van der Waals surface area contributed by atoms with Crippen molar-refractivity contribution < 1.29 is 27.5 Å². The van der Waals surface area contributed by atoms with Crippen molar-refractivity contribution in [3.8, 4) is 11.3 Å². The summed E-state index contributed by atoms with van der Waals surface area (Å²) in [4.78, 5) is 15.7. The Kier molecular flexibility index (Phi) is 5.48. The molecule has 1 N–H and O–H groups in total. The van der Waals surface area contributed by atoms with Crippen molar-refractivity contribution in [2.75, 3.05) is 5.01 Å². The van der Waals surface area contributed by atoms with E-state index >= 15 is 0 Å². The largest absolute Gasteiger partial charge is 0.478 e. The monoisotopic (exact) mass is 449 g/mol. The summed E-state index contributed by atoms with van der Waals surface area (Å²) in [5, 5.41) is 17.1. The third kappa shape index (κ3) is 4.58. The highest BCUT2D eigenvalue weighted by Gasteiger charge is 2.35. The van der Waals surface area contributed by atoms with Gasteiger partial charge in [0.15, 0.2) is 0 Å². The van der Waals surface area contributed by atoms with Crippen LogP contribution in [0.2, 0.25) is 0 Å². The normalized spacial score (nSPS) is 14.2. The summed E-state index contributed by atoms with van der Waals surface area (Å²) >= 11 is 1.15. The molecule has 2 aromatic carbocycles. The lowest BCUT2D eigenvalue weighted by atomic mass is 10.1. The lowest BCUT2D eigenvalue weighted by Gasteiger charge is -2.15. The fraction of sp³-hybridized carbons (Fsp3) is 0.190. The molecule has 0 atom stereocenters. The Morgan fingerprint density at radius 1 is 1.23 bits per heavy atom. The molecule has 10 heteroatoms. The number of aromatic nitrogens is 1. The first-order chi connectivity index (χ1) is 14.7. The number of hydrazone groups is 1. The first-order valence-corrected chi connectivity index (χ1v) is 10.1. The van der Waals surface area contributed by atoms with Crippen LogP contribution in [0.5, 0.6) is 0 Å². The number of hydrogen-bond acceptors (Lipinski definition) is 5. The van der Waals surface area contributed by atoms with Crippen molar-refractivity contribution in [1.82, 2.24) is 4.98 Å². The second-order valence-corrected chi connectivity index (χ2v) is 7.75. The van der Waals surface area contributed by atoms with Gasteiger partial charge in [-0.3, -0.25) is 0 Å². The molecule has 0 aliphatic heterocycles. The number of alkyl halides is 3. The van der Waals surface area contributed by atoms with Crippen LogP contribution in [0, 0.1) is 5.82 Å². The van der Waals surface area contributed by atoms with E-state index in [2.05, 4.69) is 10.1 Å². The van der Waals surface area contributed by atoms with Crippen molar-refractivity contribution in [1.29, 1.82) is 0 Å². The van der Waals surface area contributed by atoms with E-state index in [1.54, 1.807) is 5.01 Å². The average molecular weight is 449 g/mol. The minimum atomic E-state index is -4.51. The fourth-order valence-corrected chi connectivity index (χ4v) is 3.87. The van der Waals surface area contributed by atoms with Gasteiger partial charge in [0.1, 0.15) is 5.82 Å². The van der Waals surface area contributed by atoms with Gasteiger partial charge >= 0.3 is 12.1 Å². The lowest BCUT2D eigenvalue weighted by Crippen LogP contribution is -2.19. The summed E-state index contributed by atoms with van der Waals surface area (Å²) in [5.41, 5.74) is -0.645. The van der Waals surface area contributed by atoms with Gasteiger partial charge in [0.25, 0.3) is 0 Å². The number of hydrogen-bond donors (Lipinski definition) is 1. The zero-order chi connectivity index (χ0) is 22.2. The Morgan fingerprint density at radius 2 is 1.97 bits per heavy atom. The maximum atomic E-state index is 13.4. The summed E-state index contributed by atoms with van der Waals surface area (Å²) in [7, 11) is 0. The van der Waals surface area contributed by atoms with E-state index in [1.165, 1.54) is 35.9 Å². The Hall–Kier alpha value is -3.27. The molecule has 1 fully saturated rings. The van der Waals surface area contributed by atoms with Crippen molar-refractivity contribution in [2.45, 2.75) is 25.1 Å². The van der Waals surface area contributed by atoms with Crippen molar-refractivity contribution in [2.24, 2.45) is 5.10 Å². The van der Waals surface area contributed by atoms with E-state index < -0.39 is 23.5 Å². The first-order valence-electron chi connectivity index (χ1n) is 9.22. The average Bonchev–Trinajstić information content (AvgIpc) is 3.44. The molecule has 0 saturated heterocycles. The van der Waals surface area contributed by atoms with Gasteiger partial charge in [-0.25, -0.2) is 19.2 Å². The minimum Gasteiger partial charge on any atom is -0.478 e. The van der Waals surface area contributed by atoms with Gasteiger partial charge in [-0.2, -0.15) is 18.3 Å². The Morgan fingerprint density at radius 3 is 2.65 bits per heavy atom. The van der Waals surface area contributed by atoms with Crippen LogP contribution in [-0.4, -0.2) is 28.3 Å². The molecule has 0 radical (unpaired) electrons. The number of benzene rings is 2. The van der Waals surface area contributed by atoms with E-state index in [-0.39, 0.29) is 28.4 Å². The second kappa shape index (κ2) is 8.10. The summed E-state index contributed by atoms with van der Waals surface area (Å²) in [6.45, 7) is 0. The molecule has 1 aliphatic rings. The SMILES string of the molecule is O=C(O)c1cc(F)ccc1/C=N/N(c1nc(-c2ccccc2C(F)(F)F)cs1)C1CC1. The topological polar surface area (TPSA) is 65.8 Å². The van der Waals surface area contributed by atoms with E-state index in [1.807, 2.05) is 0 Å². The summed E-state index contributed by atoms with van der Waals surface area (Å²) in [6.07, 6.45) is -1.57. The van der Waals surface area contributed by atoms with Gasteiger partial charge in [-0.1, -0.05) is 18.2 Å². The highest BCUT2D eigenvalue weighted by Crippen LogP contribution is 2.40. The van der Waals surface area contributed by atoms with Gasteiger partial charge in [0.2, 0.25) is 5.13 Å². The highest BCUT2D eigenvalue weighted by atomic mass is 32.1. The molecule has 0 bridgehead atoms. The van der Waals surface area contributed by atoms with Crippen molar-refractivity contribution in [3.05, 3.63) is 70.4 Å². The van der Waals surface area contributed by atoms with Crippen LogP contribution in [0.3, 0.4) is 0 Å². The number of nitrogens with zero attached hydrogens (tertiary/aromatic N) is 3. The zero-order valence-electron chi connectivity index (χ0n) is 15.8. The summed E-state index contributed by atoms with van der Waals surface area (Å²) in [6, 6.07) is 8.57. The lowest BCUT2D eigenvalue weighted by molar-refractivity contribution is -0.137. The molecule has 1 heterocycles. The van der Waals surface area contributed by atoms with Gasteiger partial charge in [-0.05, 0) is 37.1 Å². The fourth-order valence-electron chi connectivity index (χ4n) is 3.02. The van der Waals surface area contributed by atoms with E-state index in [0.717, 1.165) is 42.4 Å². The van der Waals surface area contributed by atoms with Crippen LogP contribution in [0.15, 0.2) is 52.9 Å². The van der Waals surface area contributed by atoms with Gasteiger partial charge in [-0.15, -0.1) is 11.3 Å². The zero-order valence-corrected chi connectivity index (χ0v) is 16.6. The van der Waals surface area contributed by atoms with Crippen LogP contribution in [-0.2, 0) is 6.18 Å². The molecular weight excluding hydrogens is 434 g/mol. The Labute approximate surface area is 178 Å². The molecule has 0 spiro atoms. The maximum Gasteiger partial charge on any atom is 0.417 e. The number of carboxylic acids is 1. The van der Waals surface area contributed by atoms with Gasteiger partial charge in [0.05, 0.1) is 29.1 Å². The number of aromatic carboxylic acids is 1. The van der Waals surface area contributed by atoms with Crippen LogP contribution in [0.25, 0.3) is 11.3 Å². The number of rotatable bonds is 6. The molecule has 5 nitrogen and oxygen atoms in total. The molecule has 0 unspecified atom stereocenters. The van der Waals surface area contributed by atoms with Crippen LogP contribution in [0.1, 0.15) is 34.3 Å². The second-order valence-electron chi connectivity index (χ2n) is 6.92. The molecule has 1 saturated carbocycles. The minimum absolute atomic E-state index is 0.0156. The predicted octanol–water partition coefficient (Wildman–Crippen LogP) is 5.67. The molecule has 160 valence electrons. The molecular formula is C21H15F4N3O2S. The molecule has 1 aromatic heterocycles. The van der Waals surface area contributed by atoms with Crippen LogP contribution >= 0.6 is 11.3 Å². The number of thiazole rings is 1. The molecule has 31 heavy (non-hydrogen) atoms. The standard InChI is InChI=1S/C21H15F4N3O2S/c22-13-6-5-12(16(9-13)19(29)30)10-26-28(14-7-8-14)20-27-18(11-31-20)15-3-1-2-4-17(15)21(23,24)25/h1-6,9-11,14H,7-8H2,(H,29,30)/b26-10+. The first kappa shape index (κ1) is 21.0. The van der Waals surface area contributed by atoms with Crippen molar-refractivity contribution in [3.63, 3.8) is 0 Å². The maximum absolute atomic E-state index is 13.4. The molecule has 4 rings (SSSR count). The highest BCUT2D eigenvalue weighted by molar-refractivity contribution is 7.14. The molecule has 3 aromatic rings. The predicted molar refractivity (Wildman–Crippen MR) is 109 cm³/mol. The van der Waals surface area contributed by atoms with E-state index in [0.29, 0.717) is 5.13 Å². The summed E-state index contributed by atoms with van der Waals surface area (Å²) in [5.74, 6) is -1.97. The Bertz CT molecular complexity index is 1160. The number of anilines is 1.